The number of nitrogen functional groups attached to an aromatic ring is 1. The molecule has 0 amide bonds. The van der Waals surface area contributed by atoms with Crippen LogP contribution in [0.4, 0.5) is 5.00 Å². The molecule has 0 aliphatic heterocycles. The van der Waals surface area contributed by atoms with Gasteiger partial charge in [0.05, 0.1) is 5.69 Å². The lowest BCUT2D eigenvalue weighted by Gasteiger charge is -1.77. The van der Waals surface area contributed by atoms with Crippen LogP contribution in [0.5, 0.6) is 0 Å². The molecule has 46 valence electrons. The van der Waals surface area contributed by atoms with Gasteiger partial charge in [0.2, 0.25) is 0 Å². The summed E-state index contributed by atoms with van der Waals surface area (Å²) in [6.45, 7) is 2.06. The molecule has 0 spiro atoms. The van der Waals surface area contributed by atoms with Gasteiger partial charge in [-0.15, -0.1) is 0 Å². The van der Waals surface area contributed by atoms with Crippen LogP contribution in [0.3, 0.4) is 0 Å². The van der Waals surface area contributed by atoms with Crippen molar-refractivity contribution in [3.63, 3.8) is 0 Å². The molecule has 0 bridgehead atoms. The van der Waals surface area contributed by atoms with Gasteiger partial charge in [0, 0.05) is 1.43 Å². The van der Waals surface area contributed by atoms with Crippen molar-refractivity contribution >= 4 is 16.5 Å². The van der Waals surface area contributed by atoms with E-state index in [9.17, 15) is 0 Å². The fraction of sp³-hybridized carbons (Fsp3) is 0.400. The van der Waals surface area contributed by atoms with E-state index in [4.69, 9.17) is 5.73 Å². The van der Waals surface area contributed by atoms with E-state index in [0.717, 1.165) is 17.1 Å². The Labute approximate surface area is 54.0 Å². The first-order valence-electron chi connectivity index (χ1n) is 2.54. The van der Waals surface area contributed by atoms with Crippen LogP contribution in [-0.4, -0.2) is 4.37 Å². The van der Waals surface area contributed by atoms with E-state index in [2.05, 4.69) is 11.3 Å². The molecule has 2 N–H and O–H groups in total. The van der Waals surface area contributed by atoms with Gasteiger partial charge in [-0.1, -0.05) is 6.92 Å². The number of nitrogens with zero attached hydrogens (tertiary/aromatic N) is 1. The molecular weight excluding hydrogens is 120 g/mol. The lowest BCUT2D eigenvalue weighted by Crippen LogP contribution is -1.76. The zero-order valence-electron chi connectivity index (χ0n) is 4.72. The Morgan fingerprint density at radius 3 is 3.00 bits per heavy atom. The zero-order chi connectivity index (χ0) is 5.98. The smallest absolute Gasteiger partial charge is 0.107 e. The highest BCUT2D eigenvalue weighted by Crippen LogP contribution is 2.10. The summed E-state index contributed by atoms with van der Waals surface area (Å²) in [5, 5.41) is 0.807. The second-order valence-corrected chi connectivity index (χ2v) is 2.41. The number of aromatic nitrogens is 1. The Bertz CT molecular complexity index is 175. The summed E-state index contributed by atoms with van der Waals surface area (Å²) >= 11 is 1.36. The van der Waals surface area contributed by atoms with E-state index in [1.54, 1.807) is 0 Å². The summed E-state index contributed by atoms with van der Waals surface area (Å²) in [5.74, 6) is 0. The average molecular weight is 130 g/mol. The van der Waals surface area contributed by atoms with Crippen LogP contribution in [-0.2, 0) is 6.42 Å². The first-order chi connectivity index (χ1) is 3.83. The quantitative estimate of drug-likeness (QED) is 0.626. The van der Waals surface area contributed by atoms with Crippen LogP contribution < -0.4 is 5.73 Å². The second-order valence-electron chi connectivity index (χ2n) is 1.57. The summed E-state index contributed by atoms with van der Waals surface area (Å²) in [6, 6.07) is 1.91. The number of hydrogen-bond donors (Lipinski definition) is 1. The number of nitrogens with two attached hydrogens (primary N) is 1. The summed E-state index contributed by atoms with van der Waals surface area (Å²) in [5.41, 5.74) is 6.50. The van der Waals surface area contributed by atoms with E-state index in [0.29, 0.717) is 0 Å². The van der Waals surface area contributed by atoms with Crippen molar-refractivity contribution < 1.29 is 1.43 Å². The Hall–Kier alpha value is -0.570. The zero-order valence-corrected chi connectivity index (χ0v) is 5.53. The van der Waals surface area contributed by atoms with Gasteiger partial charge in [-0.05, 0) is 24.0 Å². The Morgan fingerprint density at radius 1 is 2.00 bits per heavy atom. The van der Waals surface area contributed by atoms with Crippen molar-refractivity contribution in [2.45, 2.75) is 13.3 Å². The predicted octanol–water partition coefficient (Wildman–Crippen LogP) is 1.53. The van der Waals surface area contributed by atoms with Crippen LogP contribution in [0.25, 0.3) is 0 Å². The predicted molar refractivity (Wildman–Crippen MR) is 38.0 cm³/mol. The molecule has 3 heteroatoms. The summed E-state index contributed by atoms with van der Waals surface area (Å²) in [4.78, 5) is 0. The van der Waals surface area contributed by atoms with Crippen LogP contribution >= 0.6 is 11.5 Å². The summed E-state index contributed by atoms with van der Waals surface area (Å²) in [6.07, 6.45) is 0.980. The van der Waals surface area contributed by atoms with E-state index in [1.165, 1.54) is 11.5 Å². The number of hydrogen-bond acceptors (Lipinski definition) is 3. The van der Waals surface area contributed by atoms with Gasteiger partial charge in [0.1, 0.15) is 5.00 Å². The highest BCUT2D eigenvalue weighted by molar-refractivity contribution is 7.09. The minimum absolute atomic E-state index is 0. The fourth-order valence-corrected chi connectivity index (χ4v) is 1.09. The SMILES string of the molecule is CCc1cc(N)sn1.[HH]. The monoisotopic (exact) mass is 130 g/mol. The molecule has 1 heterocycles. The topological polar surface area (TPSA) is 38.9 Å². The largest absolute Gasteiger partial charge is 0.389 e. The van der Waals surface area contributed by atoms with E-state index in [1.807, 2.05) is 6.07 Å². The summed E-state index contributed by atoms with van der Waals surface area (Å²) in [7, 11) is 0. The van der Waals surface area contributed by atoms with Crippen molar-refractivity contribution in [3.05, 3.63) is 11.8 Å². The third-order valence-corrected chi connectivity index (χ3v) is 1.59. The molecule has 0 saturated carbocycles. The number of anilines is 1. The van der Waals surface area contributed by atoms with Gasteiger partial charge in [-0.2, -0.15) is 4.37 Å². The Balaban J connectivity index is 0.000000640. The molecule has 1 rings (SSSR count). The van der Waals surface area contributed by atoms with Gasteiger partial charge in [0.25, 0.3) is 0 Å². The molecule has 0 aromatic carbocycles. The maximum absolute atomic E-state index is 5.41. The summed E-state index contributed by atoms with van der Waals surface area (Å²) < 4.78 is 4.05. The van der Waals surface area contributed by atoms with Crippen LogP contribution in [0, 0.1) is 0 Å². The molecule has 0 atom stereocenters. The van der Waals surface area contributed by atoms with Crippen LogP contribution in [0.2, 0.25) is 0 Å². The molecule has 0 radical (unpaired) electrons. The van der Waals surface area contributed by atoms with Crippen molar-refractivity contribution in [3.8, 4) is 0 Å². The van der Waals surface area contributed by atoms with Crippen LogP contribution in [0.1, 0.15) is 14.0 Å². The van der Waals surface area contributed by atoms with E-state index in [-0.39, 0.29) is 1.43 Å². The maximum Gasteiger partial charge on any atom is 0.107 e. The molecule has 0 fully saturated rings. The second kappa shape index (κ2) is 2.13. The first-order valence-corrected chi connectivity index (χ1v) is 3.31. The van der Waals surface area contributed by atoms with Crippen molar-refractivity contribution in [1.29, 1.82) is 0 Å². The minimum Gasteiger partial charge on any atom is -0.389 e. The van der Waals surface area contributed by atoms with Gasteiger partial charge >= 0.3 is 0 Å². The highest BCUT2D eigenvalue weighted by Gasteiger charge is 1.92. The highest BCUT2D eigenvalue weighted by atomic mass is 32.1. The Morgan fingerprint density at radius 2 is 2.75 bits per heavy atom. The third kappa shape index (κ3) is 0.980. The molecule has 0 aliphatic rings. The van der Waals surface area contributed by atoms with Crippen LogP contribution in [0.15, 0.2) is 6.07 Å². The normalized spacial score (nSPS) is 9.62. The number of rotatable bonds is 1. The lowest BCUT2D eigenvalue weighted by molar-refractivity contribution is 1.09. The molecule has 0 aliphatic carbocycles. The molecule has 1 aromatic heterocycles. The minimum atomic E-state index is 0. The molecule has 0 unspecified atom stereocenters. The van der Waals surface area contributed by atoms with Gasteiger partial charge in [-0.3, -0.25) is 0 Å². The van der Waals surface area contributed by atoms with Gasteiger partial charge in [0.15, 0.2) is 0 Å². The van der Waals surface area contributed by atoms with Crippen molar-refractivity contribution in [2.75, 3.05) is 5.73 Å². The maximum atomic E-state index is 5.41. The molecule has 1 aromatic rings. The number of aryl methyl sites for hydroxylation is 1. The van der Waals surface area contributed by atoms with E-state index >= 15 is 0 Å². The standard InChI is InChI=1S/C5H8N2S.H2/c1-2-4-3-5(6)8-7-4;/h3H,2,6H2,1H3;1H. The molecule has 0 saturated heterocycles. The van der Waals surface area contributed by atoms with Gasteiger partial charge in [-0.25, -0.2) is 0 Å². The van der Waals surface area contributed by atoms with Gasteiger partial charge < -0.3 is 5.73 Å². The molecule has 2 nitrogen and oxygen atoms in total. The van der Waals surface area contributed by atoms with Crippen molar-refractivity contribution in [1.82, 2.24) is 4.37 Å². The van der Waals surface area contributed by atoms with E-state index < -0.39 is 0 Å². The lowest BCUT2D eigenvalue weighted by atomic mass is 10.3. The first kappa shape index (κ1) is 5.56. The molecule has 8 heavy (non-hydrogen) atoms. The van der Waals surface area contributed by atoms with Crippen molar-refractivity contribution in [2.24, 2.45) is 0 Å². The Kier molecular flexibility index (Phi) is 1.48. The third-order valence-electron chi connectivity index (χ3n) is 0.939. The fourth-order valence-electron chi connectivity index (χ4n) is 0.495. The average Bonchev–Trinajstić information content (AvgIpc) is 2.14. The molecular formula is C5H10N2S.